The van der Waals surface area contributed by atoms with Crippen LogP contribution in [0, 0.1) is 6.92 Å². The van der Waals surface area contributed by atoms with E-state index in [2.05, 4.69) is 19.6 Å². The Labute approximate surface area is 120 Å². The summed E-state index contributed by atoms with van der Waals surface area (Å²) in [6, 6.07) is 5.69. The van der Waals surface area contributed by atoms with Gasteiger partial charge in [0.2, 0.25) is 0 Å². The van der Waals surface area contributed by atoms with Gasteiger partial charge in [-0.25, -0.2) is 0 Å². The fourth-order valence-electron chi connectivity index (χ4n) is 2.56. The summed E-state index contributed by atoms with van der Waals surface area (Å²) in [6.45, 7) is 5.47. The van der Waals surface area contributed by atoms with Crippen LogP contribution in [0.25, 0.3) is 0 Å². The molecule has 0 spiro atoms. The van der Waals surface area contributed by atoms with E-state index in [0.717, 1.165) is 35.4 Å². The quantitative estimate of drug-likeness (QED) is 0.844. The van der Waals surface area contributed by atoms with Crippen LogP contribution in [0.4, 0.5) is 0 Å². The SMILES string of the molecule is COC1(C)CCCN(C(=O)c2cc(S)ccc2C)C1. The molecule has 4 heteroatoms. The van der Waals surface area contributed by atoms with E-state index in [1.807, 2.05) is 30.0 Å². The average molecular weight is 279 g/mol. The summed E-state index contributed by atoms with van der Waals surface area (Å²) < 4.78 is 5.54. The van der Waals surface area contributed by atoms with Crippen LogP contribution in [-0.4, -0.2) is 36.6 Å². The maximum Gasteiger partial charge on any atom is 0.254 e. The van der Waals surface area contributed by atoms with Crippen molar-refractivity contribution >= 4 is 18.5 Å². The van der Waals surface area contributed by atoms with Gasteiger partial charge >= 0.3 is 0 Å². The second kappa shape index (κ2) is 5.55. The smallest absolute Gasteiger partial charge is 0.254 e. The Hall–Kier alpha value is -1.00. The Bertz CT molecular complexity index is 489. The second-order valence-corrected chi connectivity index (χ2v) is 6.00. The topological polar surface area (TPSA) is 29.5 Å². The maximum absolute atomic E-state index is 12.6. The molecule has 0 radical (unpaired) electrons. The lowest BCUT2D eigenvalue weighted by Crippen LogP contribution is -2.49. The first-order valence-electron chi connectivity index (χ1n) is 6.59. The maximum atomic E-state index is 12.6. The minimum Gasteiger partial charge on any atom is -0.377 e. The molecule has 3 nitrogen and oxygen atoms in total. The Morgan fingerprint density at radius 2 is 2.21 bits per heavy atom. The van der Waals surface area contributed by atoms with E-state index in [4.69, 9.17) is 4.74 Å². The Balaban J connectivity index is 2.22. The van der Waals surface area contributed by atoms with Crippen molar-refractivity contribution in [3.63, 3.8) is 0 Å². The number of thiol groups is 1. The van der Waals surface area contributed by atoms with Gasteiger partial charge in [-0.15, -0.1) is 12.6 Å². The molecule has 19 heavy (non-hydrogen) atoms. The zero-order valence-electron chi connectivity index (χ0n) is 11.8. The molecule has 0 aromatic heterocycles. The van der Waals surface area contributed by atoms with Gasteiger partial charge in [-0.2, -0.15) is 0 Å². The standard InChI is InChI=1S/C15H21NO2S/c1-11-5-6-12(19)9-13(11)14(17)16-8-4-7-15(2,10-16)18-3/h5-6,9,19H,4,7-8,10H2,1-3H3. The van der Waals surface area contributed by atoms with Crippen LogP contribution in [0.2, 0.25) is 0 Å². The van der Waals surface area contributed by atoms with Gasteiger partial charge in [0.25, 0.3) is 5.91 Å². The van der Waals surface area contributed by atoms with Gasteiger partial charge in [0.1, 0.15) is 0 Å². The summed E-state index contributed by atoms with van der Waals surface area (Å²) in [5, 5.41) is 0. The molecule has 0 aliphatic carbocycles. The van der Waals surface area contributed by atoms with Crippen LogP contribution in [0.15, 0.2) is 23.1 Å². The number of hydrogen-bond donors (Lipinski definition) is 1. The highest BCUT2D eigenvalue weighted by Gasteiger charge is 2.33. The highest BCUT2D eigenvalue weighted by Crippen LogP contribution is 2.26. The number of amides is 1. The minimum absolute atomic E-state index is 0.0800. The van der Waals surface area contributed by atoms with Gasteiger partial charge in [0.05, 0.1) is 5.60 Å². The van der Waals surface area contributed by atoms with Crippen LogP contribution >= 0.6 is 12.6 Å². The van der Waals surface area contributed by atoms with Gasteiger partial charge < -0.3 is 9.64 Å². The minimum atomic E-state index is -0.222. The predicted molar refractivity (Wildman–Crippen MR) is 79.0 cm³/mol. The number of nitrogens with zero attached hydrogens (tertiary/aromatic N) is 1. The molecule has 1 saturated heterocycles. The third-order valence-electron chi connectivity index (χ3n) is 3.89. The van der Waals surface area contributed by atoms with E-state index in [0.29, 0.717) is 6.54 Å². The summed E-state index contributed by atoms with van der Waals surface area (Å²) >= 11 is 4.32. The van der Waals surface area contributed by atoms with Crippen LogP contribution in [0.1, 0.15) is 35.7 Å². The van der Waals surface area contributed by atoms with Crippen LogP contribution in [0.5, 0.6) is 0 Å². The Morgan fingerprint density at radius 1 is 1.47 bits per heavy atom. The van der Waals surface area contributed by atoms with Crippen molar-refractivity contribution in [3.05, 3.63) is 29.3 Å². The van der Waals surface area contributed by atoms with E-state index in [1.165, 1.54) is 0 Å². The number of carbonyl (C=O) groups is 1. The predicted octanol–water partition coefficient (Wildman–Crippen LogP) is 2.92. The monoisotopic (exact) mass is 279 g/mol. The summed E-state index contributed by atoms with van der Waals surface area (Å²) in [6.07, 6.45) is 1.98. The lowest BCUT2D eigenvalue weighted by Gasteiger charge is -2.39. The molecule has 1 amide bonds. The third-order valence-corrected chi connectivity index (χ3v) is 4.17. The van der Waals surface area contributed by atoms with E-state index in [-0.39, 0.29) is 11.5 Å². The van der Waals surface area contributed by atoms with Crippen molar-refractivity contribution in [1.29, 1.82) is 0 Å². The average Bonchev–Trinajstić information content (AvgIpc) is 2.41. The van der Waals surface area contributed by atoms with Crippen LogP contribution in [0.3, 0.4) is 0 Å². The molecular weight excluding hydrogens is 258 g/mol. The van der Waals surface area contributed by atoms with Crippen molar-refractivity contribution in [1.82, 2.24) is 4.90 Å². The van der Waals surface area contributed by atoms with Gasteiger partial charge in [-0.1, -0.05) is 6.07 Å². The lowest BCUT2D eigenvalue weighted by atomic mass is 9.94. The van der Waals surface area contributed by atoms with Gasteiger partial charge in [-0.3, -0.25) is 4.79 Å². The number of benzene rings is 1. The molecule has 104 valence electrons. The molecule has 0 saturated carbocycles. The van der Waals surface area contributed by atoms with E-state index in [1.54, 1.807) is 7.11 Å². The molecule has 1 unspecified atom stereocenters. The first kappa shape index (κ1) is 14.4. The number of piperidine rings is 1. The normalized spacial score (nSPS) is 23.5. The lowest BCUT2D eigenvalue weighted by molar-refractivity contribution is -0.0440. The number of hydrogen-bond acceptors (Lipinski definition) is 3. The van der Waals surface area contributed by atoms with Crippen LogP contribution < -0.4 is 0 Å². The number of carbonyl (C=O) groups excluding carboxylic acids is 1. The third kappa shape index (κ3) is 3.12. The summed E-state index contributed by atoms with van der Waals surface area (Å²) in [7, 11) is 1.72. The van der Waals surface area contributed by atoms with Crippen molar-refractivity contribution in [2.45, 2.75) is 37.2 Å². The van der Waals surface area contributed by atoms with E-state index >= 15 is 0 Å². The molecular formula is C15H21NO2S. The highest BCUT2D eigenvalue weighted by molar-refractivity contribution is 7.80. The molecule has 1 fully saturated rings. The molecule has 0 N–H and O–H groups in total. The molecule has 1 aromatic carbocycles. The second-order valence-electron chi connectivity index (χ2n) is 5.48. The first-order chi connectivity index (χ1) is 8.95. The molecule has 1 aromatic rings. The van der Waals surface area contributed by atoms with Gasteiger partial charge in [-0.05, 0) is 44.4 Å². The zero-order chi connectivity index (χ0) is 14.0. The van der Waals surface area contributed by atoms with Gasteiger partial charge in [0, 0.05) is 30.7 Å². The number of likely N-dealkylation sites (tertiary alicyclic amines) is 1. The molecule has 1 heterocycles. The molecule has 0 bridgehead atoms. The van der Waals surface area contributed by atoms with Crippen molar-refractivity contribution < 1.29 is 9.53 Å². The number of methoxy groups -OCH3 is 1. The summed E-state index contributed by atoms with van der Waals surface area (Å²) in [5.41, 5.74) is 1.51. The molecule has 1 atom stereocenters. The number of ether oxygens (including phenoxy) is 1. The summed E-state index contributed by atoms with van der Waals surface area (Å²) in [4.78, 5) is 15.3. The largest absolute Gasteiger partial charge is 0.377 e. The van der Waals surface area contributed by atoms with Crippen molar-refractivity contribution in [3.8, 4) is 0 Å². The molecule has 1 aliphatic rings. The van der Waals surface area contributed by atoms with E-state index < -0.39 is 0 Å². The Kier molecular flexibility index (Phi) is 4.21. The number of rotatable bonds is 2. The van der Waals surface area contributed by atoms with Crippen molar-refractivity contribution in [2.75, 3.05) is 20.2 Å². The fraction of sp³-hybridized carbons (Fsp3) is 0.533. The van der Waals surface area contributed by atoms with Crippen LogP contribution in [-0.2, 0) is 4.74 Å². The van der Waals surface area contributed by atoms with Gasteiger partial charge in [0.15, 0.2) is 0 Å². The Morgan fingerprint density at radius 3 is 2.89 bits per heavy atom. The highest BCUT2D eigenvalue weighted by atomic mass is 32.1. The first-order valence-corrected chi connectivity index (χ1v) is 7.04. The van der Waals surface area contributed by atoms with E-state index in [9.17, 15) is 4.79 Å². The molecule has 1 aliphatic heterocycles. The zero-order valence-corrected chi connectivity index (χ0v) is 12.7. The molecule has 2 rings (SSSR count). The fourth-order valence-corrected chi connectivity index (χ4v) is 2.76. The van der Waals surface area contributed by atoms with Crippen molar-refractivity contribution in [2.24, 2.45) is 0 Å². The number of aryl methyl sites for hydroxylation is 1. The summed E-state index contributed by atoms with van der Waals surface area (Å²) in [5.74, 6) is 0.0800.